The number of para-hydroxylation sites is 1. The zero-order chi connectivity index (χ0) is 13.9. The van der Waals surface area contributed by atoms with Gasteiger partial charge in [0.05, 0.1) is 12.7 Å². The van der Waals surface area contributed by atoms with Crippen molar-refractivity contribution >= 4 is 0 Å². The van der Waals surface area contributed by atoms with Gasteiger partial charge in [-0.2, -0.15) is 5.26 Å². The number of halogens is 2. The molecule has 1 aliphatic carbocycles. The molecule has 1 atom stereocenters. The number of nitrogens with zero attached hydrogens (tertiary/aromatic N) is 1. The number of nitriles is 1. The standard InChI is InChI=1S/C14H16F2N2O/c1-14(9-17,18-10-5-6-10)7-8-19-13-11(15)3-2-4-12(13)16/h2-4,10,18H,5-8H2,1H3. The maximum Gasteiger partial charge on any atom is 0.190 e. The molecule has 3 nitrogen and oxygen atoms in total. The second kappa shape index (κ2) is 5.54. The van der Waals surface area contributed by atoms with Gasteiger partial charge in [-0.25, -0.2) is 8.78 Å². The van der Waals surface area contributed by atoms with E-state index in [1.807, 2.05) is 0 Å². The number of benzene rings is 1. The van der Waals surface area contributed by atoms with Crippen LogP contribution in [0, 0.1) is 23.0 Å². The van der Waals surface area contributed by atoms with Gasteiger partial charge >= 0.3 is 0 Å². The van der Waals surface area contributed by atoms with Gasteiger partial charge in [0.2, 0.25) is 0 Å². The fourth-order valence-electron chi connectivity index (χ4n) is 1.82. The lowest BCUT2D eigenvalue weighted by Crippen LogP contribution is -2.43. The Labute approximate surface area is 111 Å². The molecule has 0 heterocycles. The van der Waals surface area contributed by atoms with E-state index in [0.717, 1.165) is 25.0 Å². The number of hydrogen-bond donors (Lipinski definition) is 1. The smallest absolute Gasteiger partial charge is 0.190 e. The molecule has 0 saturated heterocycles. The van der Waals surface area contributed by atoms with Crippen LogP contribution < -0.4 is 10.1 Å². The summed E-state index contributed by atoms with van der Waals surface area (Å²) in [5, 5.41) is 12.4. The van der Waals surface area contributed by atoms with E-state index in [9.17, 15) is 8.78 Å². The van der Waals surface area contributed by atoms with Crippen LogP contribution in [0.25, 0.3) is 0 Å². The van der Waals surface area contributed by atoms with Gasteiger partial charge in [0.1, 0.15) is 5.54 Å². The molecular weight excluding hydrogens is 250 g/mol. The molecule has 0 aromatic heterocycles. The Kier molecular flexibility index (Phi) is 4.01. The summed E-state index contributed by atoms with van der Waals surface area (Å²) in [6, 6.07) is 6.14. The molecule has 2 rings (SSSR count). The molecular formula is C14H16F2N2O. The van der Waals surface area contributed by atoms with Crippen LogP contribution in [0.4, 0.5) is 8.78 Å². The van der Waals surface area contributed by atoms with E-state index in [-0.39, 0.29) is 12.4 Å². The SMILES string of the molecule is CC(C#N)(CCOc1c(F)cccc1F)NC1CC1. The Morgan fingerprint density at radius 2 is 2.05 bits per heavy atom. The highest BCUT2D eigenvalue weighted by molar-refractivity contribution is 5.26. The molecule has 1 N–H and O–H groups in total. The molecule has 1 aromatic carbocycles. The molecule has 0 radical (unpaired) electrons. The van der Waals surface area contributed by atoms with Crippen LogP contribution >= 0.6 is 0 Å². The first kappa shape index (κ1) is 13.8. The molecule has 0 amide bonds. The van der Waals surface area contributed by atoms with Crippen molar-refractivity contribution in [2.75, 3.05) is 6.61 Å². The highest BCUT2D eigenvalue weighted by atomic mass is 19.1. The number of nitrogens with one attached hydrogen (secondary N) is 1. The third-order valence-electron chi connectivity index (χ3n) is 3.11. The fourth-order valence-corrected chi connectivity index (χ4v) is 1.82. The van der Waals surface area contributed by atoms with Crippen molar-refractivity contribution in [1.29, 1.82) is 5.26 Å². The fraction of sp³-hybridized carbons (Fsp3) is 0.500. The Morgan fingerprint density at radius 1 is 1.42 bits per heavy atom. The predicted octanol–water partition coefficient (Wildman–Crippen LogP) is 2.77. The average Bonchev–Trinajstić information content (AvgIpc) is 3.17. The summed E-state index contributed by atoms with van der Waals surface area (Å²) in [6.07, 6.45) is 2.51. The average molecular weight is 266 g/mol. The van der Waals surface area contributed by atoms with E-state index in [4.69, 9.17) is 10.00 Å². The van der Waals surface area contributed by atoms with Crippen molar-refractivity contribution in [2.45, 2.75) is 37.8 Å². The summed E-state index contributed by atoms with van der Waals surface area (Å²) in [5.74, 6) is -1.84. The highest BCUT2D eigenvalue weighted by Gasteiger charge is 2.32. The van der Waals surface area contributed by atoms with Crippen LogP contribution in [0.3, 0.4) is 0 Å². The van der Waals surface area contributed by atoms with Crippen LogP contribution in [0.1, 0.15) is 26.2 Å². The molecule has 1 aromatic rings. The molecule has 1 aliphatic rings. The maximum absolute atomic E-state index is 13.3. The Balaban J connectivity index is 1.90. The van der Waals surface area contributed by atoms with Crippen LogP contribution in [0.15, 0.2) is 18.2 Å². The summed E-state index contributed by atoms with van der Waals surface area (Å²) >= 11 is 0. The normalized spacial score (nSPS) is 17.6. The third-order valence-corrected chi connectivity index (χ3v) is 3.11. The summed E-state index contributed by atoms with van der Waals surface area (Å²) in [6.45, 7) is 1.86. The van der Waals surface area contributed by atoms with Crippen molar-refractivity contribution in [3.05, 3.63) is 29.8 Å². The molecule has 102 valence electrons. The monoisotopic (exact) mass is 266 g/mol. The Morgan fingerprint density at radius 3 is 2.58 bits per heavy atom. The van der Waals surface area contributed by atoms with Crippen molar-refractivity contribution in [3.8, 4) is 11.8 Å². The lowest BCUT2D eigenvalue weighted by molar-refractivity contribution is 0.246. The van der Waals surface area contributed by atoms with Crippen molar-refractivity contribution in [3.63, 3.8) is 0 Å². The van der Waals surface area contributed by atoms with Gasteiger partial charge in [-0.05, 0) is 31.9 Å². The topological polar surface area (TPSA) is 45.0 Å². The number of rotatable bonds is 6. The molecule has 19 heavy (non-hydrogen) atoms. The van der Waals surface area contributed by atoms with E-state index < -0.39 is 17.2 Å². The predicted molar refractivity (Wildman–Crippen MR) is 66.6 cm³/mol. The van der Waals surface area contributed by atoms with Gasteiger partial charge in [-0.3, -0.25) is 5.32 Å². The van der Waals surface area contributed by atoms with Gasteiger partial charge in [-0.1, -0.05) is 6.07 Å². The third kappa shape index (κ3) is 3.65. The van der Waals surface area contributed by atoms with E-state index in [1.54, 1.807) is 6.92 Å². The van der Waals surface area contributed by atoms with Gasteiger partial charge in [0.15, 0.2) is 17.4 Å². The lowest BCUT2D eigenvalue weighted by atomic mass is 10.0. The number of hydrogen-bond acceptors (Lipinski definition) is 3. The Bertz CT molecular complexity index is 476. The van der Waals surface area contributed by atoms with Crippen molar-refractivity contribution in [2.24, 2.45) is 0 Å². The molecule has 5 heteroatoms. The first-order valence-corrected chi connectivity index (χ1v) is 6.30. The van der Waals surface area contributed by atoms with Crippen molar-refractivity contribution < 1.29 is 13.5 Å². The largest absolute Gasteiger partial charge is 0.488 e. The second-order valence-corrected chi connectivity index (χ2v) is 5.01. The summed E-state index contributed by atoms with van der Waals surface area (Å²) < 4.78 is 31.8. The first-order chi connectivity index (χ1) is 9.04. The number of ether oxygens (including phenoxy) is 1. The zero-order valence-corrected chi connectivity index (χ0v) is 10.7. The lowest BCUT2D eigenvalue weighted by Gasteiger charge is -2.23. The molecule has 1 fully saturated rings. The highest BCUT2D eigenvalue weighted by Crippen LogP contribution is 2.25. The van der Waals surface area contributed by atoms with E-state index in [0.29, 0.717) is 12.5 Å². The molecule has 1 saturated carbocycles. The molecule has 0 spiro atoms. The van der Waals surface area contributed by atoms with E-state index >= 15 is 0 Å². The maximum atomic E-state index is 13.3. The minimum atomic E-state index is -0.728. The zero-order valence-electron chi connectivity index (χ0n) is 10.7. The van der Waals surface area contributed by atoms with Gasteiger partial charge in [-0.15, -0.1) is 0 Å². The second-order valence-electron chi connectivity index (χ2n) is 5.01. The van der Waals surface area contributed by atoms with Crippen LogP contribution in [-0.4, -0.2) is 18.2 Å². The molecule has 1 unspecified atom stereocenters. The Hall–Kier alpha value is -1.67. The molecule has 0 bridgehead atoms. The van der Waals surface area contributed by atoms with E-state index in [1.165, 1.54) is 6.07 Å². The quantitative estimate of drug-likeness (QED) is 0.861. The van der Waals surface area contributed by atoms with Crippen LogP contribution in [0.2, 0.25) is 0 Å². The van der Waals surface area contributed by atoms with Crippen LogP contribution in [-0.2, 0) is 0 Å². The van der Waals surface area contributed by atoms with Crippen molar-refractivity contribution in [1.82, 2.24) is 5.32 Å². The van der Waals surface area contributed by atoms with Gasteiger partial charge in [0, 0.05) is 12.5 Å². The van der Waals surface area contributed by atoms with Gasteiger partial charge < -0.3 is 4.74 Å². The minimum absolute atomic E-state index is 0.0850. The first-order valence-electron chi connectivity index (χ1n) is 6.30. The molecule has 0 aliphatic heterocycles. The summed E-state index contributed by atoms with van der Waals surface area (Å²) in [7, 11) is 0. The summed E-state index contributed by atoms with van der Waals surface area (Å²) in [5.41, 5.74) is -0.719. The minimum Gasteiger partial charge on any atom is -0.488 e. The van der Waals surface area contributed by atoms with E-state index in [2.05, 4.69) is 11.4 Å². The van der Waals surface area contributed by atoms with Gasteiger partial charge in [0.25, 0.3) is 0 Å². The summed E-state index contributed by atoms with van der Waals surface area (Å²) in [4.78, 5) is 0. The van der Waals surface area contributed by atoms with Crippen LogP contribution in [0.5, 0.6) is 5.75 Å².